The second kappa shape index (κ2) is 9.73. The van der Waals surface area contributed by atoms with Crippen molar-refractivity contribution < 1.29 is 9.59 Å². The van der Waals surface area contributed by atoms with E-state index >= 15 is 0 Å². The topological polar surface area (TPSA) is 99.8 Å². The van der Waals surface area contributed by atoms with Crippen molar-refractivity contribution in [3.63, 3.8) is 0 Å². The van der Waals surface area contributed by atoms with E-state index in [-0.39, 0.29) is 23.7 Å². The Bertz CT molecular complexity index is 1130. The second-order valence-electron chi connectivity index (χ2n) is 9.40. The number of aromatic amines is 1. The molecule has 7 nitrogen and oxygen atoms in total. The van der Waals surface area contributed by atoms with E-state index in [1.165, 1.54) is 12.8 Å². The number of hydrogen-bond acceptors (Lipinski definition) is 4. The molecule has 0 radical (unpaired) electrons. The van der Waals surface area contributed by atoms with Gasteiger partial charge in [0.05, 0.1) is 11.9 Å². The summed E-state index contributed by atoms with van der Waals surface area (Å²) in [6.45, 7) is 0. The van der Waals surface area contributed by atoms with Gasteiger partial charge in [0.1, 0.15) is 11.3 Å². The molecule has 1 aromatic carbocycles. The maximum absolute atomic E-state index is 12.5. The van der Waals surface area contributed by atoms with Crippen LogP contribution >= 0.6 is 0 Å². The Hall–Kier alpha value is -3.22. The van der Waals surface area contributed by atoms with Gasteiger partial charge in [0.15, 0.2) is 5.65 Å². The van der Waals surface area contributed by atoms with Crippen LogP contribution < -0.4 is 10.6 Å². The Labute approximate surface area is 193 Å². The smallest absolute Gasteiger partial charge is 0.227 e. The molecule has 3 aromatic rings. The average molecular weight is 446 g/mol. The van der Waals surface area contributed by atoms with Crippen LogP contribution in [-0.2, 0) is 9.59 Å². The predicted octanol–water partition coefficient (Wildman–Crippen LogP) is 5.66. The van der Waals surface area contributed by atoms with Crippen molar-refractivity contribution in [1.29, 1.82) is 0 Å². The summed E-state index contributed by atoms with van der Waals surface area (Å²) < 4.78 is 0. The molecule has 0 aliphatic heterocycles. The largest absolute Gasteiger partial charge is 0.326 e. The van der Waals surface area contributed by atoms with Crippen molar-refractivity contribution in [2.45, 2.75) is 64.2 Å². The van der Waals surface area contributed by atoms with E-state index < -0.39 is 0 Å². The second-order valence-corrected chi connectivity index (χ2v) is 9.40. The lowest BCUT2D eigenvalue weighted by atomic mass is 9.88. The Balaban J connectivity index is 1.25. The van der Waals surface area contributed by atoms with Gasteiger partial charge in [0.25, 0.3) is 0 Å². The first-order chi connectivity index (χ1) is 16.2. The number of fused-ring (bicyclic) bond motifs is 1. The minimum absolute atomic E-state index is 0.0810. The van der Waals surface area contributed by atoms with Crippen molar-refractivity contribution >= 4 is 34.4 Å². The van der Waals surface area contributed by atoms with Gasteiger partial charge in [-0.15, -0.1) is 0 Å². The summed E-state index contributed by atoms with van der Waals surface area (Å²) >= 11 is 0. The Morgan fingerprint density at radius 2 is 1.36 bits per heavy atom. The number of pyridine rings is 1. The molecule has 172 valence electrons. The highest BCUT2D eigenvalue weighted by atomic mass is 16.2. The minimum Gasteiger partial charge on any atom is -0.326 e. The molecule has 2 amide bonds. The molecule has 2 saturated carbocycles. The van der Waals surface area contributed by atoms with Crippen molar-refractivity contribution in [3.05, 3.63) is 36.5 Å². The molecular weight excluding hydrogens is 414 g/mol. The minimum atomic E-state index is 0.0810. The number of carbonyl (C=O) groups is 2. The quantitative estimate of drug-likeness (QED) is 0.471. The molecule has 2 aromatic heterocycles. The van der Waals surface area contributed by atoms with Gasteiger partial charge in [-0.1, -0.05) is 38.5 Å². The van der Waals surface area contributed by atoms with Crippen molar-refractivity contribution in [3.8, 4) is 11.4 Å². The summed E-state index contributed by atoms with van der Waals surface area (Å²) in [7, 11) is 0. The van der Waals surface area contributed by atoms with Gasteiger partial charge in [-0.05, 0) is 56.0 Å². The number of nitrogens with zero attached hydrogens (tertiary/aromatic N) is 2. The monoisotopic (exact) mass is 445 g/mol. The molecule has 2 aliphatic carbocycles. The summed E-state index contributed by atoms with van der Waals surface area (Å²) in [5, 5.41) is 6.06. The number of H-pyrrole nitrogens is 1. The number of rotatable bonds is 5. The lowest BCUT2D eigenvalue weighted by Gasteiger charge is -2.20. The number of benzene rings is 1. The normalized spacial score (nSPS) is 17.7. The van der Waals surface area contributed by atoms with Crippen LogP contribution in [0.5, 0.6) is 0 Å². The molecule has 33 heavy (non-hydrogen) atoms. The fourth-order valence-corrected chi connectivity index (χ4v) is 5.03. The van der Waals surface area contributed by atoms with E-state index in [0.29, 0.717) is 22.7 Å². The molecule has 0 saturated heterocycles. The highest BCUT2D eigenvalue weighted by molar-refractivity contribution is 5.94. The van der Waals surface area contributed by atoms with E-state index in [4.69, 9.17) is 0 Å². The van der Waals surface area contributed by atoms with Crippen molar-refractivity contribution in [2.75, 3.05) is 10.6 Å². The van der Waals surface area contributed by atoms with E-state index in [1.54, 1.807) is 6.20 Å². The van der Waals surface area contributed by atoms with Gasteiger partial charge in [0, 0.05) is 23.1 Å². The first-order valence-electron chi connectivity index (χ1n) is 12.2. The number of imidazole rings is 1. The first-order valence-corrected chi connectivity index (χ1v) is 12.2. The molecule has 0 unspecified atom stereocenters. The number of hydrogen-bond donors (Lipinski definition) is 3. The van der Waals surface area contributed by atoms with Crippen LogP contribution in [0.2, 0.25) is 0 Å². The molecule has 5 rings (SSSR count). The SMILES string of the molecule is O=C(Nc1ccc(-c2nc3cc(NC(=O)C4CCCCC4)cnc3[nH]2)cc1)C1CCCCC1. The zero-order valence-electron chi connectivity index (χ0n) is 18.9. The lowest BCUT2D eigenvalue weighted by Crippen LogP contribution is -2.24. The molecular formula is C26H31N5O2. The van der Waals surface area contributed by atoms with Crippen LogP contribution in [0.15, 0.2) is 36.5 Å². The third kappa shape index (κ3) is 5.07. The van der Waals surface area contributed by atoms with Gasteiger partial charge in [-0.25, -0.2) is 9.97 Å². The van der Waals surface area contributed by atoms with E-state index in [0.717, 1.165) is 62.6 Å². The molecule has 2 fully saturated rings. The standard InChI is InChI=1S/C26H31N5O2/c32-25(18-7-3-1-4-8-18)28-20-13-11-17(12-14-20)23-30-22-15-21(16-27-24(22)31-23)29-26(33)19-9-5-2-6-10-19/h11-16,18-19H,1-10H2,(H,28,32)(H,29,33)(H,27,30,31). The summed E-state index contributed by atoms with van der Waals surface area (Å²) in [5.41, 5.74) is 3.78. The van der Waals surface area contributed by atoms with Crippen molar-refractivity contribution in [1.82, 2.24) is 15.0 Å². The third-order valence-electron chi connectivity index (χ3n) is 6.98. The third-order valence-corrected chi connectivity index (χ3v) is 6.98. The number of nitrogens with one attached hydrogen (secondary N) is 3. The zero-order chi connectivity index (χ0) is 22.6. The molecule has 0 bridgehead atoms. The van der Waals surface area contributed by atoms with Crippen LogP contribution in [-0.4, -0.2) is 26.8 Å². The summed E-state index contributed by atoms with van der Waals surface area (Å²) in [5.74, 6) is 1.14. The van der Waals surface area contributed by atoms with Gasteiger partial charge >= 0.3 is 0 Å². The number of aromatic nitrogens is 3. The summed E-state index contributed by atoms with van der Waals surface area (Å²) in [6.07, 6.45) is 12.6. The number of amides is 2. The highest BCUT2D eigenvalue weighted by Crippen LogP contribution is 2.28. The average Bonchev–Trinajstić information content (AvgIpc) is 3.29. The van der Waals surface area contributed by atoms with Crippen LogP contribution in [0.3, 0.4) is 0 Å². The summed E-state index contributed by atoms with van der Waals surface area (Å²) in [6, 6.07) is 9.57. The molecule has 0 atom stereocenters. The number of carbonyl (C=O) groups excluding carboxylic acids is 2. The Morgan fingerprint density at radius 1 is 0.788 bits per heavy atom. The van der Waals surface area contributed by atoms with E-state index in [2.05, 4.69) is 25.6 Å². The maximum Gasteiger partial charge on any atom is 0.227 e. The van der Waals surface area contributed by atoms with Crippen LogP contribution in [0.1, 0.15) is 64.2 Å². The van der Waals surface area contributed by atoms with E-state index in [9.17, 15) is 9.59 Å². The molecule has 0 spiro atoms. The van der Waals surface area contributed by atoms with Gasteiger partial charge in [-0.3, -0.25) is 9.59 Å². The zero-order valence-corrected chi connectivity index (χ0v) is 18.9. The molecule has 2 aliphatic rings. The maximum atomic E-state index is 12.5. The van der Waals surface area contributed by atoms with Gasteiger partial charge in [0.2, 0.25) is 11.8 Å². The lowest BCUT2D eigenvalue weighted by molar-refractivity contribution is -0.121. The van der Waals surface area contributed by atoms with Crippen LogP contribution in [0.4, 0.5) is 11.4 Å². The fourth-order valence-electron chi connectivity index (χ4n) is 5.03. The van der Waals surface area contributed by atoms with Gasteiger partial charge in [-0.2, -0.15) is 0 Å². The molecule has 7 heteroatoms. The molecule has 2 heterocycles. The predicted molar refractivity (Wildman–Crippen MR) is 130 cm³/mol. The number of anilines is 2. The Morgan fingerprint density at radius 3 is 1.97 bits per heavy atom. The van der Waals surface area contributed by atoms with Gasteiger partial charge < -0.3 is 15.6 Å². The molecule has 3 N–H and O–H groups in total. The van der Waals surface area contributed by atoms with Crippen molar-refractivity contribution in [2.24, 2.45) is 11.8 Å². The van der Waals surface area contributed by atoms with E-state index in [1.807, 2.05) is 30.3 Å². The van der Waals surface area contributed by atoms with Crippen LogP contribution in [0, 0.1) is 11.8 Å². The first kappa shape index (κ1) is 21.6. The summed E-state index contributed by atoms with van der Waals surface area (Å²) in [4.78, 5) is 37.4. The van der Waals surface area contributed by atoms with Crippen LogP contribution in [0.25, 0.3) is 22.6 Å². The highest BCUT2D eigenvalue weighted by Gasteiger charge is 2.22. The Kier molecular flexibility index (Phi) is 6.37. The fraction of sp³-hybridized carbons (Fsp3) is 0.462.